The number of hydrogen-bond acceptors (Lipinski definition) is 6. The summed E-state index contributed by atoms with van der Waals surface area (Å²) in [6.45, 7) is 0.860. The second-order valence-corrected chi connectivity index (χ2v) is 7.16. The summed E-state index contributed by atoms with van der Waals surface area (Å²) in [6.07, 6.45) is 0. The molecular weight excluding hydrogens is 388 g/mol. The van der Waals surface area contributed by atoms with Gasteiger partial charge in [-0.1, -0.05) is 60.5 Å². The van der Waals surface area contributed by atoms with Gasteiger partial charge in [-0.3, -0.25) is 19.7 Å². The van der Waals surface area contributed by atoms with Gasteiger partial charge in [-0.25, -0.2) is 0 Å². The number of hydrogen-bond donors (Lipinski definition) is 6. The van der Waals surface area contributed by atoms with Crippen LogP contribution in [0.3, 0.4) is 0 Å². The van der Waals surface area contributed by atoms with E-state index in [1.165, 1.54) is 11.9 Å². The smallest absolute Gasteiger partial charge is 0.239 e. The number of nitrogens with one attached hydrogen (secondary N) is 4. The van der Waals surface area contributed by atoms with Crippen molar-refractivity contribution in [3.63, 3.8) is 0 Å². The fourth-order valence-electron chi connectivity index (χ4n) is 2.40. The fraction of sp³-hybridized carbons (Fsp3) is 0.250. The Morgan fingerprint density at radius 2 is 1.62 bits per heavy atom. The molecule has 0 radical (unpaired) electrons. The first-order chi connectivity index (χ1) is 14.0. The van der Waals surface area contributed by atoms with Crippen LogP contribution < -0.4 is 26.8 Å². The van der Waals surface area contributed by atoms with E-state index in [9.17, 15) is 9.59 Å². The molecule has 154 valence electrons. The predicted octanol–water partition coefficient (Wildman–Crippen LogP) is 0.600. The minimum atomic E-state index is -0.278. The third-order valence-electron chi connectivity index (χ3n) is 4.00. The summed E-state index contributed by atoms with van der Waals surface area (Å²) in [7, 11) is 0. The molecule has 2 amide bonds. The van der Waals surface area contributed by atoms with Gasteiger partial charge in [0.2, 0.25) is 11.8 Å². The van der Waals surface area contributed by atoms with E-state index >= 15 is 0 Å². The van der Waals surface area contributed by atoms with Crippen molar-refractivity contribution in [3.05, 3.63) is 70.8 Å². The number of rotatable bonds is 11. The summed E-state index contributed by atoms with van der Waals surface area (Å²) >= 11 is 1.42. The molecule has 2 rings (SSSR count). The van der Waals surface area contributed by atoms with Crippen LogP contribution >= 0.6 is 11.9 Å². The van der Waals surface area contributed by atoms with E-state index in [2.05, 4.69) is 15.4 Å². The number of nitrogen functional groups attached to an aromatic ring is 1. The van der Waals surface area contributed by atoms with Crippen LogP contribution in [0.25, 0.3) is 0 Å². The first-order valence-electron chi connectivity index (χ1n) is 9.07. The lowest BCUT2D eigenvalue weighted by molar-refractivity contribution is -0.125. The molecule has 0 aliphatic rings. The average molecular weight is 415 g/mol. The lowest BCUT2D eigenvalue weighted by Gasteiger charge is -2.08. The predicted molar refractivity (Wildman–Crippen MR) is 116 cm³/mol. The maximum absolute atomic E-state index is 11.9. The summed E-state index contributed by atoms with van der Waals surface area (Å²) < 4.78 is 2.98. The Morgan fingerprint density at radius 1 is 0.931 bits per heavy atom. The second kappa shape index (κ2) is 11.8. The topological polar surface area (TPSA) is 146 Å². The van der Waals surface area contributed by atoms with Crippen molar-refractivity contribution < 1.29 is 9.59 Å². The Morgan fingerprint density at radius 3 is 2.31 bits per heavy atom. The Labute approximate surface area is 174 Å². The highest BCUT2D eigenvalue weighted by molar-refractivity contribution is 7.96. The Bertz CT molecular complexity index is 841. The van der Waals surface area contributed by atoms with Crippen LogP contribution in [0.15, 0.2) is 48.5 Å². The van der Waals surface area contributed by atoms with E-state index in [0.29, 0.717) is 24.4 Å². The van der Waals surface area contributed by atoms with Gasteiger partial charge in [0.05, 0.1) is 13.1 Å². The van der Waals surface area contributed by atoms with Crippen LogP contribution in [0.2, 0.25) is 0 Å². The molecule has 0 aliphatic heterocycles. The fourth-order valence-corrected chi connectivity index (χ4v) is 3.09. The lowest BCUT2D eigenvalue weighted by Crippen LogP contribution is -2.39. The van der Waals surface area contributed by atoms with E-state index in [0.717, 1.165) is 16.7 Å². The van der Waals surface area contributed by atoms with E-state index in [1.54, 1.807) is 24.3 Å². The van der Waals surface area contributed by atoms with Gasteiger partial charge >= 0.3 is 0 Å². The molecule has 0 unspecified atom stereocenters. The normalized spacial score (nSPS) is 10.4. The van der Waals surface area contributed by atoms with Crippen molar-refractivity contribution >= 4 is 29.6 Å². The molecule has 0 saturated carbocycles. The van der Waals surface area contributed by atoms with Crippen molar-refractivity contribution in [2.45, 2.75) is 18.8 Å². The van der Waals surface area contributed by atoms with Gasteiger partial charge in [0.1, 0.15) is 5.84 Å². The Kier molecular flexibility index (Phi) is 9.16. The van der Waals surface area contributed by atoms with E-state index in [1.807, 2.05) is 24.3 Å². The molecule has 2 aromatic rings. The van der Waals surface area contributed by atoms with Crippen molar-refractivity contribution in [2.75, 3.05) is 13.1 Å². The highest BCUT2D eigenvalue weighted by atomic mass is 32.2. The summed E-state index contributed by atoms with van der Waals surface area (Å²) in [5.41, 5.74) is 14.7. The van der Waals surface area contributed by atoms with Crippen LogP contribution in [-0.2, 0) is 28.4 Å². The van der Waals surface area contributed by atoms with Gasteiger partial charge in [-0.2, -0.15) is 0 Å². The first-order valence-corrected chi connectivity index (χ1v) is 10.1. The number of benzene rings is 2. The molecule has 29 heavy (non-hydrogen) atoms. The monoisotopic (exact) mass is 414 g/mol. The highest BCUT2D eigenvalue weighted by Crippen LogP contribution is 2.11. The summed E-state index contributed by atoms with van der Waals surface area (Å²) in [5, 5.41) is 12.6. The summed E-state index contributed by atoms with van der Waals surface area (Å²) in [6, 6.07) is 15.0. The number of nitrogens with two attached hydrogens (primary N) is 2. The van der Waals surface area contributed by atoms with Crippen molar-refractivity contribution in [2.24, 2.45) is 11.5 Å². The first kappa shape index (κ1) is 22.4. The van der Waals surface area contributed by atoms with Crippen molar-refractivity contribution in [1.82, 2.24) is 15.4 Å². The number of carbonyl (C=O) groups excluding carboxylic acids is 2. The molecule has 0 spiro atoms. The van der Waals surface area contributed by atoms with Gasteiger partial charge in [0, 0.05) is 24.4 Å². The van der Waals surface area contributed by atoms with Crippen molar-refractivity contribution in [3.8, 4) is 0 Å². The maximum Gasteiger partial charge on any atom is 0.239 e. The molecular formula is C20H26N6O2S. The standard InChI is InChI=1S/C20H26N6O2S/c21-9-15-2-1-3-16(8-15)13-29-26-12-19(28)25-11-18(27)24-10-14-4-6-17(7-5-14)20(22)23/h1-8,26H,9-13,21H2,(H3,22,23)(H,24,27)(H,25,28). The Hall–Kier alpha value is -2.88. The molecule has 0 atom stereocenters. The van der Waals surface area contributed by atoms with Gasteiger partial charge in [0.15, 0.2) is 0 Å². The minimum Gasteiger partial charge on any atom is -0.384 e. The summed E-state index contributed by atoms with van der Waals surface area (Å²) in [5.74, 6) is 0.179. The zero-order valence-corrected chi connectivity index (χ0v) is 16.9. The van der Waals surface area contributed by atoms with Crippen LogP contribution in [0.4, 0.5) is 0 Å². The van der Waals surface area contributed by atoms with Crippen LogP contribution in [0.5, 0.6) is 0 Å². The molecule has 8 N–H and O–H groups in total. The van der Waals surface area contributed by atoms with E-state index < -0.39 is 0 Å². The average Bonchev–Trinajstić information content (AvgIpc) is 2.74. The second-order valence-electron chi connectivity index (χ2n) is 6.30. The maximum atomic E-state index is 11.9. The molecule has 2 aromatic carbocycles. The highest BCUT2D eigenvalue weighted by Gasteiger charge is 2.06. The minimum absolute atomic E-state index is 0.000788. The molecule has 9 heteroatoms. The number of carbonyl (C=O) groups is 2. The molecule has 0 bridgehead atoms. The van der Waals surface area contributed by atoms with E-state index in [4.69, 9.17) is 16.9 Å². The van der Waals surface area contributed by atoms with Gasteiger partial charge in [-0.15, -0.1) is 0 Å². The van der Waals surface area contributed by atoms with Gasteiger partial charge < -0.3 is 22.1 Å². The number of amidine groups is 1. The molecule has 0 fully saturated rings. The van der Waals surface area contributed by atoms with E-state index in [-0.39, 0.29) is 30.7 Å². The Balaban J connectivity index is 1.59. The molecule has 0 heterocycles. The lowest BCUT2D eigenvalue weighted by atomic mass is 10.1. The SMILES string of the molecule is N=C(N)c1ccc(CNC(=O)CNC(=O)CNSCc2cccc(CN)c2)cc1. The molecule has 0 aromatic heterocycles. The quantitative estimate of drug-likeness (QED) is 0.137. The van der Waals surface area contributed by atoms with Gasteiger partial charge in [-0.05, 0) is 16.7 Å². The molecule has 0 aliphatic carbocycles. The third kappa shape index (κ3) is 8.34. The number of amides is 2. The van der Waals surface area contributed by atoms with Crippen molar-refractivity contribution in [1.29, 1.82) is 5.41 Å². The molecule has 0 saturated heterocycles. The zero-order chi connectivity index (χ0) is 21.1. The molecule has 8 nitrogen and oxygen atoms in total. The zero-order valence-electron chi connectivity index (χ0n) is 16.0. The summed E-state index contributed by atoms with van der Waals surface area (Å²) in [4.78, 5) is 23.7. The van der Waals surface area contributed by atoms with Crippen LogP contribution in [0, 0.1) is 5.41 Å². The van der Waals surface area contributed by atoms with Crippen LogP contribution in [-0.4, -0.2) is 30.7 Å². The van der Waals surface area contributed by atoms with Crippen LogP contribution in [0.1, 0.15) is 22.3 Å². The largest absolute Gasteiger partial charge is 0.384 e. The van der Waals surface area contributed by atoms with Gasteiger partial charge in [0.25, 0.3) is 0 Å². The third-order valence-corrected chi connectivity index (χ3v) is 4.83.